The van der Waals surface area contributed by atoms with Crippen molar-refractivity contribution < 1.29 is 17.9 Å². The molecule has 2 aliphatic rings. The van der Waals surface area contributed by atoms with Crippen molar-refractivity contribution in [2.24, 2.45) is 10.9 Å². The van der Waals surface area contributed by atoms with Gasteiger partial charge < -0.3 is 20.7 Å². The minimum absolute atomic E-state index is 0.122. The van der Waals surface area contributed by atoms with E-state index in [2.05, 4.69) is 45.1 Å². The zero-order chi connectivity index (χ0) is 24.9. The molecular weight excluding hydrogens is 455 g/mol. The summed E-state index contributed by atoms with van der Waals surface area (Å²) in [6.45, 7) is 3.57. The lowest BCUT2D eigenvalue weighted by molar-refractivity contribution is -0.274. The molecule has 1 atom stereocenters. The standard InChI is InChI=1S/C26H34F3N5O/c1-25(30-2)21-8-4-5-9-22(21)33-24(34-25)32-20-13-11-18(12-14-20)17-31-16-15-19-7-3-6-10-23(19)35-26(27,28)29/h3-10,18,20,30-31H,11-17H2,1-2H3,(H2,32,33,34). The van der Waals surface area contributed by atoms with Gasteiger partial charge in [-0.25, -0.2) is 4.99 Å². The highest BCUT2D eigenvalue weighted by Crippen LogP contribution is 2.31. The molecule has 1 heterocycles. The van der Waals surface area contributed by atoms with Gasteiger partial charge in [-0.15, -0.1) is 13.2 Å². The number of para-hydroxylation sites is 2. The lowest BCUT2D eigenvalue weighted by atomic mass is 9.86. The fourth-order valence-corrected chi connectivity index (χ4v) is 4.88. The van der Waals surface area contributed by atoms with E-state index in [9.17, 15) is 13.2 Å². The fraction of sp³-hybridized carbons (Fsp3) is 0.500. The average Bonchev–Trinajstić information content (AvgIpc) is 2.83. The van der Waals surface area contributed by atoms with Crippen LogP contribution in [0.2, 0.25) is 0 Å². The second kappa shape index (κ2) is 10.9. The van der Waals surface area contributed by atoms with Crippen molar-refractivity contribution in [2.75, 3.05) is 25.5 Å². The van der Waals surface area contributed by atoms with E-state index in [0.717, 1.165) is 49.4 Å². The third-order valence-electron chi connectivity index (χ3n) is 6.92. The highest BCUT2D eigenvalue weighted by Gasteiger charge is 2.33. The van der Waals surface area contributed by atoms with Gasteiger partial charge in [0.05, 0.1) is 6.04 Å². The summed E-state index contributed by atoms with van der Waals surface area (Å²) in [6.07, 6.45) is -0.0233. The molecule has 1 aliphatic heterocycles. The molecule has 9 heteroatoms. The van der Waals surface area contributed by atoms with Crippen molar-refractivity contribution >= 4 is 11.6 Å². The Labute approximate surface area is 204 Å². The van der Waals surface area contributed by atoms with E-state index >= 15 is 0 Å². The molecule has 0 bridgehead atoms. The molecule has 190 valence electrons. The number of anilines is 1. The highest BCUT2D eigenvalue weighted by atomic mass is 19.4. The van der Waals surface area contributed by atoms with Crippen molar-refractivity contribution in [3.8, 4) is 5.75 Å². The first-order valence-electron chi connectivity index (χ1n) is 12.2. The lowest BCUT2D eigenvalue weighted by Gasteiger charge is -2.39. The summed E-state index contributed by atoms with van der Waals surface area (Å²) >= 11 is 0. The largest absolute Gasteiger partial charge is 0.573 e. The third-order valence-corrected chi connectivity index (χ3v) is 6.92. The van der Waals surface area contributed by atoms with Crippen LogP contribution in [0.3, 0.4) is 0 Å². The molecule has 4 rings (SSSR count). The summed E-state index contributed by atoms with van der Waals surface area (Å²) in [5.74, 6) is 1.22. The first-order valence-corrected chi connectivity index (χ1v) is 12.2. The smallest absolute Gasteiger partial charge is 0.406 e. The van der Waals surface area contributed by atoms with Crippen LogP contribution in [0, 0.1) is 5.92 Å². The molecule has 1 aliphatic carbocycles. The van der Waals surface area contributed by atoms with E-state index in [4.69, 9.17) is 4.99 Å². The Kier molecular flexibility index (Phi) is 7.86. The minimum Gasteiger partial charge on any atom is -0.406 e. The average molecular weight is 490 g/mol. The van der Waals surface area contributed by atoms with Gasteiger partial charge in [0.2, 0.25) is 0 Å². The van der Waals surface area contributed by atoms with Crippen molar-refractivity contribution in [3.63, 3.8) is 0 Å². The molecule has 0 saturated heterocycles. The molecule has 0 aromatic heterocycles. The quantitative estimate of drug-likeness (QED) is 0.404. The molecule has 2 aromatic rings. The number of fused-ring (bicyclic) bond motifs is 1. The van der Waals surface area contributed by atoms with E-state index in [1.165, 1.54) is 6.07 Å². The van der Waals surface area contributed by atoms with Crippen molar-refractivity contribution in [1.29, 1.82) is 0 Å². The van der Waals surface area contributed by atoms with E-state index in [-0.39, 0.29) is 17.5 Å². The van der Waals surface area contributed by atoms with Gasteiger partial charge in [0, 0.05) is 11.3 Å². The first kappa shape index (κ1) is 25.3. The van der Waals surface area contributed by atoms with Crippen LogP contribution in [0.1, 0.15) is 43.7 Å². The maximum Gasteiger partial charge on any atom is 0.573 e. The molecule has 2 aromatic carbocycles. The minimum atomic E-state index is -4.68. The van der Waals surface area contributed by atoms with Gasteiger partial charge in [-0.05, 0) is 82.8 Å². The van der Waals surface area contributed by atoms with E-state index in [0.29, 0.717) is 24.4 Å². The predicted octanol–water partition coefficient (Wildman–Crippen LogP) is 4.74. The van der Waals surface area contributed by atoms with Crippen molar-refractivity contribution in [3.05, 3.63) is 59.7 Å². The molecule has 35 heavy (non-hydrogen) atoms. The number of hydrogen-bond donors (Lipinski definition) is 4. The summed E-state index contributed by atoms with van der Waals surface area (Å²) in [5, 5.41) is 13.7. The lowest BCUT2D eigenvalue weighted by Crippen LogP contribution is -2.57. The SMILES string of the molecule is CNC1(C)NC(=NC2CCC(CNCCc3ccccc3OC(F)(F)F)CC2)Nc2ccccc21. The number of rotatable bonds is 8. The van der Waals surface area contributed by atoms with E-state index in [1.54, 1.807) is 18.2 Å². The molecule has 1 fully saturated rings. The Morgan fingerprint density at radius 3 is 2.51 bits per heavy atom. The molecular formula is C26H34F3N5O. The molecule has 1 unspecified atom stereocenters. The number of nitrogens with zero attached hydrogens (tertiary/aromatic N) is 1. The normalized spacial score (nSPS) is 25.5. The van der Waals surface area contributed by atoms with Crippen LogP contribution in [-0.2, 0) is 12.1 Å². The number of hydrogen-bond acceptors (Lipinski definition) is 4. The third kappa shape index (κ3) is 6.67. The summed E-state index contributed by atoms with van der Waals surface area (Å²) in [5.41, 5.74) is 2.39. The van der Waals surface area contributed by atoms with Crippen LogP contribution in [0.5, 0.6) is 5.75 Å². The van der Waals surface area contributed by atoms with Crippen LogP contribution < -0.4 is 26.0 Å². The summed E-state index contributed by atoms with van der Waals surface area (Å²) in [7, 11) is 1.94. The zero-order valence-electron chi connectivity index (χ0n) is 20.2. The van der Waals surface area contributed by atoms with Gasteiger partial charge in [0.1, 0.15) is 11.4 Å². The Hall–Kier alpha value is -2.78. The van der Waals surface area contributed by atoms with Gasteiger partial charge in [-0.3, -0.25) is 5.32 Å². The first-order chi connectivity index (χ1) is 16.8. The Balaban J connectivity index is 1.23. The van der Waals surface area contributed by atoms with Crippen LogP contribution in [0.4, 0.5) is 18.9 Å². The second-order valence-electron chi connectivity index (χ2n) is 9.43. The topological polar surface area (TPSA) is 69.7 Å². The van der Waals surface area contributed by atoms with Crippen LogP contribution in [0.15, 0.2) is 53.5 Å². The maximum absolute atomic E-state index is 12.6. The van der Waals surface area contributed by atoms with Crippen molar-refractivity contribution in [1.82, 2.24) is 16.0 Å². The van der Waals surface area contributed by atoms with Gasteiger partial charge in [0.15, 0.2) is 5.96 Å². The van der Waals surface area contributed by atoms with Crippen LogP contribution >= 0.6 is 0 Å². The number of guanidine groups is 1. The molecule has 0 amide bonds. The number of halogens is 3. The number of aliphatic imine (C=N–C) groups is 1. The molecule has 1 saturated carbocycles. The monoisotopic (exact) mass is 489 g/mol. The Bertz CT molecular complexity index is 1020. The summed E-state index contributed by atoms with van der Waals surface area (Å²) in [6, 6.07) is 14.8. The fourth-order valence-electron chi connectivity index (χ4n) is 4.88. The molecule has 6 nitrogen and oxygen atoms in total. The molecule has 4 N–H and O–H groups in total. The van der Waals surface area contributed by atoms with Gasteiger partial charge in [-0.2, -0.15) is 0 Å². The van der Waals surface area contributed by atoms with Crippen LogP contribution in [0.25, 0.3) is 0 Å². The van der Waals surface area contributed by atoms with Crippen molar-refractivity contribution in [2.45, 2.75) is 57.1 Å². The zero-order valence-corrected chi connectivity index (χ0v) is 20.2. The molecule has 0 spiro atoms. The summed E-state index contributed by atoms with van der Waals surface area (Å²) in [4.78, 5) is 4.97. The Morgan fingerprint density at radius 2 is 1.77 bits per heavy atom. The number of alkyl halides is 3. The van der Waals surface area contributed by atoms with E-state index < -0.39 is 6.36 Å². The number of ether oxygens (including phenoxy) is 1. The molecule has 0 radical (unpaired) electrons. The Morgan fingerprint density at radius 1 is 1.06 bits per heavy atom. The highest BCUT2D eigenvalue weighted by molar-refractivity contribution is 5.97. The predicted molar refractivity (Wildman–Crippen MR) is 132 cm³/mol. The van der Waals surface area contributed by atoms with Gasteiger partial charge in [-0.1, -0.05) is 36.4 Å². The summed E-state index contributed by atoms with van der Waals surface area (Å²) < 4.78 is 41.9. The maximum atomic E-state index is 12.6. The second-order valence-corrected chi connectivity index (χ2v) is 9.43. The number of nitrogens with one attached hydrogen (secondary N) is 4. The van der Waals surface area contributed by atoms with Gasteiger partial charge >= 0.3 is 6.36 Å². The number of benzene rings is 2. The van der Waals surface area contributed by atoms with Crippen LogP contribution in [-0.4, -0.2) is 38.5 Å². The van der Waals surface area contributed by atoms with E-state index in [1.807, 2.05) is 19.2 Å². The van der Waals surface area contributed by atoms with Gasteiger partial charge in [0.25, 0.3) is 0 Å².